The summed E-state index contributed by atoms with van der Waals surface area (Å²) in [6, 6.07) is 12.4. The molecule has 164 valence electrons. The number of nitrogens with zero attached hydrogens (tertiary/aromatic N) is 3. The SMILES string of the molecule is Cc1ccc(C)c(N([C@H](C)C(=O)NCc2ccccc2-n2ccnc2C)S(C)(=O)=O)c1. The predicted molar refractivity (Wildman–Crippen MR) is 123 cm³/mol. The first-order chi connectivity index (χ1) is 14.6. The highest BCUT2D eigenvalue weighted by molar-refractivity contribution is 7.92. The lowest BCUT2D eigenvalue weighted by Crippen LogP contribution is -2.48. The molecule has 1 heterocycles. The number of aromatic nitrogens is 2. The Morgan fingerprint density at radius 3 is 2.52 bits per heavy atom. The summed E-state index contributed by atoms with van der Waals surface area (Å²) >= 11 is 0. The van der Waals surface area contributed by atoms with Crippen LogP contribution in [-0.2, 0) is 21.4 Å². The molecule has 0 aliphatic heterocycles. The summed E-state index contributed by atoms with van der Waals surface area (Å²) in [4.78, 5) is 17.3. The Morgan fingerprint density at radius 2 is 1.87 bits per heavy atom. The second-order valence-corrected chi connectivity index (χ2v) is 9.58. The molecular formula is C23H28N4O3S. The Hall–Kier alpha value is -3.13. The maximum absolute atomic E-state index is 13.0. The van der Waals surface area contributed by atoms with Crippen molar-refractivity contribution < 1.29 is 13.2 Å². The van der Waals surface area contributed by atoms with Crippen LogP contribution in [0, 0.1) is 20.8 Å². The van der Waals surface area contributed by atoms with E-state index in [0.717, 1.165) is 34.5 Å². The van der Waals surface area contributed by atoms with Crippen LogP contribution in [0.5, 0.6) is 0 Å². The lowest BCUT2D eigenvalue weighted by molar-refractivity contribution is -0.122. The summed E-state index contributed by atoms with van der Waals surface area (Å²) in [6.45, 7) is 7.50. The smallest absolute Gasteiger partial charge is 0.243 e. The average Bonchev–Trinajstić information content (AvgIpc) is 3.13. The van der Waals surface area contributed by atoms with Gasteiger partial charge in [0.15, 0.2) is 0 Å². The fourth-order valence-corrected chi connectivity index (χ4v) is 4.82. The quantitative estimate of drug-likeness (QED) is 0.611. The Bertz CT molecular complexity index is 1200. The van der Waals surface area contributed by atoms with Crippen LogP contribution in [0.1, 0.15) is 29.4 Å². The molecule has 0 unspecified atom stereocenters. The molecular weight excluding hydrogens is 412 g/mol. The van der Waals surface area contributed by atoms with E-state index in [1.54, 1.807) is 19.2 Å². The van der Waals surface area contributed by atoms with Crippen molar-refractivity contribution in [3.8, 4) is 5.69 Å². The minimum Gasteiger partial charge on any atom is -0.350 e. The highest BCUT2D eigenvalue weighted by atomic mass is 32.2. The molecule has 7 nitrogen and oxygen atoms in total. The van der Waals surface area contributed by atoms with Gasteiger partial charge in [-0.1, -0.05) is 30.3 Å². The molecule has 0 bridgehead atoms. The number of carbonyl (C=O) groups is 1. The molecule has 2 aromatic carbocycles. The van der Waals surface area contributed by atoms with Crippen LogP contribution in [0.3, 0.4) is 0 Å². The molecule has 0 fully saturated rings. The van der Waals surface area contributed by atoms with Crippen molar-refractivity contribution in [3.63, 3.8) is 0 Å². The van der Waals surface area contributed by atoms with E-state index in [2.05, 4.69) is 10.3 Å². The molecule has 0 saturated carbocycles. The van der Waals surface area contributed by atoms with Crippen LogP contribution in [0.2, 0.25) is 0 Å². The van der Waals surface area contributed by atoms with Crippen molar-refractivity contribution in [2.75, 3.05) is 10.6 Å². The van der Waals surface area contributed by atoms with E-state index in [1.807, 2.05) is 67.9 Å². The molecule has 1 atom stereocenters. The summed E-state index contributed by atoms with van der Waals surface area (Å²) in [7, 11) is -3.67. The van der Waals surface area contributed by atoms with E-state index in [0.29, 0.717) is 5.69 Å². The van der Waals surface area contributed by atoms with Crippen LogP contribution in [0.15, 0.2) is 54.9 Å². The minimum absolute atomic E-state index is 0.265. The maximum Gasteiger partial charge on any atom is 0.243 e. The number of nitrogens with one attached hydrogen (secondary N) is 1. The van der Waals surface area contributed by atoms with Gasteiger partial charge in [-0.05, 0) is 56.5 Å². The molecule has 0 spiro atoms. The average molecular weight is 441 g/mol. The zero-order chi connectivity index (χ0) is 22.8. The van der Waals surface area contributed by atoms with Crippen LogP contribution in [0.25, 0.3) is 5.69 Å². The lowest BCUT2D eigenvalue weighted by atomic mass is 10.1. The third-order valence-corrected chi connectivity index (χ3v) is 6.45. The van der Waals surface area contributed by atoms with Gasteiger partial charge in [-0.2, -0.15) is 0 Å². The van der Waals surface area contributed by atoms with Gasteiger partial charge < -0.3 is 9.88 Å². The number of hydrogen-bond acceptors (Lipinski definition) is 4. The molecule has 1 amide bonds. The monoisotopic (exact) mass is 440 g/mol. The Kier molecular flexibility index (Phi) is 6.50. The number of carbonyl (C=O) groups excluding carboxylic acids is 1. The molecule has 31 heavy (non-hydrogen) atoms. The number of aryl methyl sites for hydroxylation is 3. The minimum atomic E-state index is -3.67. The van der Waals surface area contributed by atoms with E-state index in [9.17, 15) is 13.2 Å². The van der Waals surface area contributed by atoms with Gasteiger partial charge in [-0.15, -0.1) is 0 Å². The predicted octanol–water partition coefficient (Wildman–Crippen LogP) is 3.27. The number of para-hydroxylation sites is 1. The number of hydrogen-bond donors (Lipinski definition) is 1. The number of anilines is 1. The molecule has 0 aliphatic carbocycles. The van der Waals surface area contributed by atoms with Crippen LogP contribution in [-0.4, -0.2) is 36.2 Å². The van der Waals surface area contributed by atoms with Gasteiger partial charge in [-0.25, -0.2) is 13.4 Å². The zero-order valence-electron chi connectivity index (χ0n) is 18.5. The number of sulfonamides is 1. The topological polar surface area (TPSA) is 84.3 Å². The van der Waals surface area contributed by atoms with Crippen molar-refractivity contribution in [2.45, 2.75) is 40.3 Å². The van der Waals surface area contributed by atoms with E-state index < -0.39 is 16.1 Å². The van der Waals surface area contributed by atoms with E-state index in [-0.39, 0.29) is 12.5 Å². The first-order valence-corrected chi connectivity index (χ1v) is 11.9. The molecule has 1 N–H and O–H groups in total. The highest BCUT2D eigenvalue weighted by Gasteiger charge is 2.30. The maximum atomic E-state index is 13.0. The Labute approximate surface area is 183 Å². The van der Waals surface area contributed by atoms with Gasteiger partial charge in [0, 0.05) is 18.9 Å². The van der Waals surface area contributed by atoms with Crippen molar-refractivity contribution in [3.05, 3.63) is 77.4 Å². The summed E-state index contributed by atoms with van der Waals surface area (Å²) < 4.78 is 28.3. The fourth-order valence-electron chi connectivity index (χ4n) is 3.60. The van der Waals surface area contributed by atoms with Crippen LogP contribution in [0.4, 0.5) is 5.69 Å². The van der Waals surface area contributed by atoms with Crippen molar-refractivity contribution in [1.82, 2.24) is 14.9 Å². The van der Waals surface area contributed by atoms with E-state index in [1.165, 1.54) is 4.31 Å². The number of benzene rings is 2. The van der Waals surface area contributed by atoms with Crippen molar-refractivity contribution in [1.29, 1.82) is 0 Å². The molecule has 3 rings (SSSR count). The first-order valence-electron chi connectivity index (χ1n) is 10.0. The van der Waals surface area contributed by atoms with Gasteiger partial charge in [0.2, 0.25) is 15.9 Å². The van der Waals surface area contributed by atoms with Crippen molar-refractivity contribution >= 4 is 21.6 Å². The molecule has 0 aliphatic rings. The second kappa shape index (κ2) is 8.93. The largest absolute Gasteiger partial charge is 0.350 e. The Morgan fingerprint density at radius 1 is 1.16 bits per heavy atom. The Balaban J connectivity index is 1.85. The van der Waals surface area contributed by atoms with Gasteiger partial charge >= 0.3 is 0 Å². The van der Waals surface area contributed by atoms with Gasteiger partial charge in [0.25, 0.3) is 0 Å². The van der Waals surface area contributed by atoms with Crippen molar-refractivity contribution in [2.24, 2.45) is 0 Å². The number of amides is 1. The first kappa shape index (κ1) is 22.6. The molecule has 1 aromatic heterocycles. The van der Waals surface area contributed by atoms with Gasteiger partial charge in [0.05, 0.1) is 17.6 Å². The summed E-state index contributed by atoms with van der Waals surface area (Å²) in [5.41, 5.74) is 4.05. The summed E-state index contributed by atoms with van der Waals surface area (Å²) in [5, 5.41) is 2.90. The van der Waals surface area contributed by atoms with Gasteiger partial charge in [-0.3, -0.25) is 9.10 Å². The van der Waals surface area contributed by atoms with E-state index >= 15 is 0 Å². The van der Waals surface area contributed by atoms with Crippen LogP contribution >= 0.6 is 0 Å². The fraction of sp³-hybridized carbons (Fsp3) is 0.304. The summed E-state index contributed by atoms with van der Waals surface area (Å²) in [5.74, 6) is 0.466. The highest BCUT2D eigenvalue weighted by Crippen LogP contribution is 2.26. The van der Waals surface area contributed by atoms with E-state index in [4.69, 9.17) is 0 Å². The molecule has 0 saturated heterocycles. The standard InChI is InChI=1S/C23H28N4O3S/c1-16-10-11-17(2)22(14-16)27(31(5,29)30)18(3)23(28)25-15-20-8-6-7-9-21(20)26-13-12-24-19(26)4/h6-14,18H,15H2,1-5H3,(H,25,28)/t18-/m1/s1. The lowest BCUT2D eigenvalue weighted by Gasteiger charge is -2.30. The molecule has 3 aromatic rings. The number of imidazole rings is 1. The second-order valence-electron chi connectivity index (χ2n) is 7.72. The normalized spacial score (nSPS) is 12.4. The van der Waals surface area contributed by atoms with Crippen LogP contribution < -0.4 is 9.62 Å². The third-order valence-electron chi connectivity index (χ3n) is 5.22. The number of rotatable bonds is 7. The van der Waals surface area contributed by atoms with Gasteiger partial charge in [0.1, 0.15) is 11.9 Å². The molecule has 0 radical (unpaired) electrons. The zero-order valence-corrected chi connectivity index (χ0v) is 19.3. The third kappa shape index (κ3) is 4.96. The summed E-state index contributed by atoms with van der Waals surface area (Å²) in [6.07, 6.45) is 4.71. The molecule has 8 heteroatoms.